The van der Waals surface area contributed by atoms with Crippen LogP contribution in [0.1, 0.15) is 74.1 Å². The van der Waals surface area contributed by atoms with Gasteiger partial charge in [0.2, 0.25) is 0 Å². The van der Waals surface area contributed by atoms with E-state index in [0.717, 1.165) is 49.7 Å². The van der Waals surface area contributed by atoms with Crippen molar-refractivity contribution >= 4 is 0 Å². The van der Waals surface area contributed by atoms with Gasteiger partial charge in [-0.25, -0.2) is 13.2 Å². The molecule has 1 nitrogen and oxygen atoms in total. The van der Waals surface area contributed by atoms with Gasteiger partial charge in [0.05, 0.1) is 12.7 Å². The second-order valence-electron chi connectivity index (χ2n) is 7.76. The maximum atomic E-state index is 14.4. The van der Waals surface area contributed by atoms with E-state index in [4.69, 9.17) is 4.74 Å². The lowest BCUT2D eigenvalue weighted by Gasteiger charge is -2.29. The maximum absolute atomic E-state index is 14.4. The predicted octanol–water partition coefficient (Wildman–Crippen LogP) is 6.86. The van der Waals surface area contributed by atoms with Crippen LogP contribution in [0.4, 0.5) is 13.2 Å². The van der Waals surface area contributed by atoms with E-state index in [1.807, 2.05) is 26.0 Å². The average molecular weight is 390 g/mol. The molecular weight excluding hydrogens is 361 g/mol. The lowest BCUT2D eigenvalue weighted by Crippen LogP contribution is -2.21. The van der Waals surface area contributed by atoms with Crippen molar-refractivity contribution in [3.8, 4) is 0 Å². The van der Waals surface area contributed by atoms with E-state index in [-0.39, 0.29) is 17.8 Å². The summed E-state index contributed by atoms with van der Waals surface area (Å²) in [4.78, 5) is 0. The molecule has 28 heavy (non-hydrogen) atoms. The van der Waals surface area contributed by atoms with E-state index in [2.05, 4.69) is 0 Å². The second kappa shape index (κ2) is 9.60. The highest BCUT2D eigenvalue weighted by Gasteiger charge is 2.26. The molecule has 1 saturated carbocycles. The van der Waals surface area contributed by atoms with Crippen LogP contribution < -0.4 is 0 Å². The molecule has 3 rings (SSSR count). The monoisotopic (exact) mass is 390 g/mol. The third-order valence-corrected chi connectivity index (χ3v) is 5.81. The molecule has 0 heterocycles. The first-order chi connectivity index (χ1) is 13.5. The SMILES string of the molecule is CCCc1ccc(COC2CCC(c3ccc(CC)c(F)c3F)CC2)cc1F. The lowest BCUT2D eigenvalue weighted by molar-refractivity contribution is 0.0130. The Kier molecular flexibility index (Phi) is 7.17. The summed E-state index contributed by atoms with van der Waals surface area (Å²) in [6.45, 7) is 4.24. The van der Waals surface area contributed by atoms with Gasteiger partial charge in [-0.2, -0.15) is 0 Å². The number of rotatable bonds is 7. The molecule has 2 aromatic rings. The first-order valence-corrected chi connectivity index (χ1v) is 10.4. The molecule has 152 valence electrons. The fourth-order valence-electron chi connectivity index (χ4n) is 4.10. The van der Waals surface area contributed by atoms with Crippen molar-refractivity contribution in [1.82, 2.24) is 0 Å². The summed E-state index contributed by atoms with van der Waals surface area (Å²) in [6.07, 6.45) is 5.39. The van der Waals surface area contributed by atoms with Gasteiger partial charge in [0.1, 0.15) is 5.82 Å². The molecule has 0 N–H and O–H groups in total. The van der Waals surface area contributed by atoms with Gasteiger partial charge < -0.3 is 4.74 Å². The topological polar surface area (TPSA) is 9.23 Å². The Labute approximate surface area is 165 Å². The summed E-state index contributed by atoms with van der Waals surface area (Å²) in [7, 11) is 0. The van der Waals surface area contributed by atoms with E-state index in [0.29, 0.717) is 24.2 Å². The van der Waals surface area contributed by atoms with Crippen LogP contribution >= 0.6 is 0 Å². The molecule has 0 aromatic heterocycles. The third-order valence-electron chi connectivity index (χ3n) is 5.81. The van der Waals surface area contributed by atoms with E-state index >= 15 is 0 Å². The molecule has 0 amide bonds. The fraction of sp³-hybridized carbons (Fsp3) is 0.500. The van der Waals surface area contributed by atoms with Gasteiger partial charge in [-0.15, -0.1) is 0 Å². The van der Waals surface area contributed by atoms with E-state index in [1.54, 1.807) is 18.2 Å². The number of hydrogen-bond acceptors (Lipinski definition) is 1. The van der Waals surface area contributed by atoms with Crippen LogP contribution in [0.5, 0.6) is 0 Å². The Bertz CT molecular complexity index is 795. The molecule has 0 spiro atoms. The highest BCUT2D eigenvalue weighted by molar-refractivity contribution is 5.29. The summed E-state index contributed by atoms with van der Waals surface area (Å²) < 4.78 is 48.5. The van der Waals surface area contributed by atoms with Gasteiger partial charge in [0.25, 0.3) is 0 Å². The van der Waals surface area contributed by atoms with Crippen molar-refractivity contribution in [2.24, 2.45) is 0 Å². The van der Waals surface area contributed by atoms with Crippen molar-refractivity contribution in [2.75, 3.05) is 0 Å². The summed E-state index contributed by atoms with van der Waals surface area (Å²) >= 11 is 0. The molecule has 0 radical (unpaired) electrons. The highest BCUT2D eigenvalue weighted by Crippen LogP contribution is 2.36. The molecule has 0 bridgehead atoms. The minimum absolute atomic E-state index is 0.0334. The van der Waals surface area contributed by atoms with Gasteiger partial charge in [-0.1, -0.05) is 44.5 Å². The Morgan fingerprint density at radius 1 is 0.893 bits per heavy atom. The van der Waals surface area contributed by atoms with Gasteiger partial charge >= 0.3 is 0 Å². The Morgan fingerprint density at radius 2 is 1.61 bits per heavy atom. The molecule has 1 fully saturated rings. The summed E-state index contributed by atoms with van der Waals surface area (Å²) in [5, 5.41) is 0. The van der Waals surface area contributed by atoms with E-state index in [1.165, 1.54) is 0 Å². The summed E-state index contributed by atoms with van der Waals surface area (Å²) in [6, 6.07) is 8.76. The van der Waals surface area contributed by atoms with Crippen molar-refractivity contribution in [1.29, 1.82) is 0 Å². The number of ether oxygens (including phenoxy) is 1. The zero-order valence-corrected chi connectivity index (χ0v) is 16.7. The predicted molar refractivity (Wildman–Crippen MR) is 106 cm³/mol. The number of hydrogen-bond donors (Lipinski definition) is 0. The highest BCUT2D eigenvalue weighted by atomic mass is 19.2. The largest absolute Gasteiger partial charge is 0.374 e. The normalized spacial score (nSPS) is 19.8. The number of aryl methyl sites for hydroxylation is 2. The molecule has 4 heteroatoms. The van der Waals surface area contributed by atoms with Crippen LogP contribution in [0.3, 0.4) is 0 Å². The van der Waals surface area contributed by atoms with Gasteiger partial charge in [0, 0.05) is 0 Å². The first-order valence-electron chi connectivity index (χ1n) is 10.4. The van der Waals surface area contributed by atoms with Crippen LogP contribution in [0, 0.1) is 17.5 Å². The first kappa shape index (κ1) is 20.9. The van der Waals surface area contributed by atoms with Crippen LogP contribution in [0.25, 0.3) is 0 Å². The molecule has 0 atom stereocenters. The van der Waals surface area contributed by atoms with Gasteiger partial charge in [0.15, 0.2) is 11.6 Å². The second-order valence-corrected chi connectivity index (χ2v) is 7.76. The molecular formula is C24H29F3O. The van der Waals surface area contributed by atoms with Crippen molar-refractivity contribution in [2.45, 2.75) is 77.4 Å². The smallest absolute Gasteiger partial charge is 0.162 e. The molecule has 0 unspecified atom stereocenters. The fourth-order valence-corrected chi connectivity index (χ4v) is 4.10. The molecule has 0 saturated heterocycles. The Morgan fingerprint density at radius 3 is 2.25 bits per heavy atom. The number of benzene rings is 2. The Balaban J connectivity index is 1.53. The van der Waals surface area contributed by atoms with Crippen LogP contribution in [0.2, 0.25) is 0 Å². The van der Waals surface area contributed by atoms with Crippen LogP contribution in [-0.4, -0.2) is 6.10 Å². The maximum Gasteiger partial charge on any atom is 0.162 e. The van der Waals surface area contributed by atoms with Crippen molar-refractivity contribution < 1.29 is 17.9 Å². The molecule has 2 aromatic carbocycles. The third kappa shape index (κ3) is 4.78. The molecule has 0 aliphatic heterocycles. The zero-order chi connectivity index (χ0) is 20.1. The minimum atomic E-state index is -0.702. The summed E-state index contributed by atoms with van der Waals surface area (Å²) in [5.41, 5.74) is 2.50. The average Bonchev–Trinajstić information content (AvgIpc) is 2.71. The molecule has 1 aliphatic carbocycles. The molecule has 1 aliphatic rings. The Hall–Kier alpha value is -1.81. The minimum Gasteiger partial charge on any atom is -0.374 e. The summed E-state index contributed by atoms with van der Waals surface area (Å²) in [5.74, 6) is -1.52. The standard InChI is InChI=1S/C24H29F3O/c1-3-5-19-7-6-16(14-22(19)25)15-28-20-11-8-18(9-12-20)21-13-10-17(4-2)23(26)24(21)27/h6-7,10,13-14,18,20H,3-5,8-9,11-12,15H2,1-2H3. The van der Waals surface area contributed by atoms with Gasteiger partial charge in [-0.05, 0) is 72.8 Å². The zero-order valence-electron chi connectivity index (χ0n) is 16.7. The van der Waals surface area contributed by atoms with Crippen LogP contribution in [0.15, 0.2) is 30.3 Å². The quantitative estimate of drug-likeness (QED) is 0.502. The van der Waals surface area contributed by atoms with Crippen molar-refractivity contribution in [3.05, 3.63) is 70.0 Å². The number of halogens is 3. The van der Waals surface area contributed by atoms with E-state index < -0.39 is 11.6 Å². The van der Waals surface area contributed by atoms with E-state index in [9.17, 15) is 13.2 Å². The van der Waals surface area contributed by atoms with Crippen molar-refractivity contribution in [3.63, 3.8) is 0 Å². The lowest BCUT2D eigenvalue weighted by atomic mass is 9.82. The van der Waals surface area contributed by atoms with Gasteiger partial charge in [-0.3, -0.25) is 0 Å². The van der Waals surface area contributed by atoms with Crippen LogP contribution in [-0.2, 0) is 24.2 Å².